The van der Waals surface area contributed by atoms with Crippen molar-refractivity contribution >= 4 is 31.7 Å². The molecule has 2 aromatic rings. The van der Waals surface area contributed by atoms with Gasteiger partial charge in [0.05, 0.1) is 34.6 Å². The predicted octanol–water partition coefficient (Wildman–Crippen LogP) is 3.37. The third kappa shape index (κ3) is 4.43. The van der Waals surface area contributed by atoms with Gasteiger partial charge < -0.3 is 4.90 Å². The minimum atomic E-state index is -3.05. The Hall–Kier alpha value is -1.67. The number of carbonyl (C=O) groups excluding carboxylic acids is 1. The molecule has 8 heteroatoms. The average Bonchev–Trinajstić information content (AvgIpc) is 3.18. The number of sulfone groups is 1. The van der Waals surface area contributed by atoms with Gasteiger partial charge in [0.15, 0.2) is 9.84 Å². The zero-order valence-corrected chi connectivity index (χ0v) is 18.0. The summed E-state index contributed by atoms with van der Waals surface area (Å²) < 4.78 is 26.5. The number of amides is 1. The van der Waals surface area contributed by atoms with Crippen molar-refractivity contribution in [1.29, 1.82) is 0 Å². The quantitative estimate of drug-likeness (QED) is 0.671. The van der Waals surface area contributed by atoms with Crippen LogP contribution in [0.3, 0.4) is 0 Å². The fourth-order valence-corrected chi connectivity index (χ4v) is 5.41. The topological polar surface area (TPSA) is 72.3 Å². The summed E-state index contributed by atoms with van der Waals surface area (Å²) in [7, 11) is -3.05. The van der Waals surface area contributed by atoms with Gasteiger partial charge in [-0.05, 0) is 44.0 Å². The highest BCUT2D eigenvalue weighted by Gasteiger charge is 2.35. The lowest BCUT2D eigenvalue weighted by Crippen LogP contribution is -2.42. The zero-order valence-electron chi connectivity index (χ0n) is 15.6. The maximum atomic E-state index is 13.2. The molecule has 1 aromatic carbocycles. The summed E-state index contributed by atoms with van der Waals surface area (Å²) in [5.74, 6) is 0.0824. The molecule has 1 saturated heterocycles. The van der Waals surface area contributed by atoms with Gasteiger partial charge in [0.2, 0.25) is 0 Å². The van der Waals surface area contributed by atoms with Crippen LogP contribution in [0.4, 0.5) is 0 Å². The first-order chi connectivity index (χ1) is 12.8. The molecule has 1 amide bonds. The molecule has 1 atom stereocenters. The number of aromatic nitrogens is 2. The molecule has 1 aromatic heterocycles. The number of benzene rings is 1. The molecule has 0 bridgehead atoms. The summed E-state index contributed by atoms with van der Waals surface area (Å²) >= 11 is 3.42. The molecule has 1 unspecified atom stereocenters. The van der Waals surface area contributed by atoms with Crippen LogP contribution >= 0.6 is 15.9 Å². The number of carbonyl (C=O) groups is 1. The third-order valence-corrected chi connectivity index (χ3v) is 7.25. The lowest BCUT2D eigenvalue weighted by atomic mass is 10.1. The Kier molecular flexibility index (Phi) is 6.05. The van der Waals surface area contributed by atoms with E-state index in [1.54, 1.807) is 15.8 Å². The normalized spacial score (nSPS) is 18.6. The monoisotopic (exact) mass is 453 g/mol. The number of halogens is 1. The summed E-state index contributed by atoms with van der Waals surface area (Å²) in [6.45, 7) is 4.49. The third-order valence-electron chi connectivity index (χ3n) is 4.97. The largest absolute Gasteiger partial charge is 0.335 e. The molecule has 0 N–H and O–H groups in total. The molecule has 27 heavy (non-hydrogen) atoms. The van der Waals surface area contributed by atoms with Crippen molar-refractivity contribution in [2.75, 3.05) is 18.1 Å². The molecule has 1 aliphatic rings. The summed E-state index contributed by atoms with van der Waals surface area (Å²) in [4.78, 5) is 15.0. The summed E-state index contributed by atoms with van der Waals surface area (Å²) in [5.41, 5.74) is 2.15. The van der Waals surface area contributed by atoms with E-state index in [4.69, 9.17) is 0 Å². The molecule has 146 valence electrons. The first-order valence-corrected chi connectivity index (χ1v) is 11.8. The molecule has 1 aliphatic heterocycles. The van der Waals surface area contributed by atoms with Crippen LogP contribution in [-0.4, -0.2) is 53.1 Å². The lowest BCUT2D eigenvalue weighted by Gasteiger charge is -2.28. The van der Waals surface area contributed by atoms with Gasteiger partial charge in [-0.3, -0.25) is 4.79 Å². The van der Waals surface area contributed by atoms with Gasteiger partial charge in [0.1, 0.15) is 0 Å². The molecule has 0 saturated carbocycles. The highest BCUT2D eigenvalue weighted by molar-refractivity contribution is 9.10. The molecular formula is C19H24BrN3O3S. The molecule has 0 aliphatic carbocycles. The van der Waals surface area contributed by atoms with Crippen LogP contribution in [0.25, 0.3) is 5.69 Å². The van der Waals surface area contributed by atoms with E-state index in [0.29, 0.717) is 18.5 Å². The van der Waals surface area contributed by atoms with Crippen LogP contribution in [0, 0.1) is 6.92 Å². The molecule has 6 nitrogen and oxygen atoms in total. The van der Waals surface area contributed by atoms with Crippen molar-refractivity contribution in [3.05, 3.63) is 46.2 Å². The molecular weight excluding hydrogens is 430 g/mol. The van der Waals surface area contributed by atoms with E-state index in [9.17, 15) is 13.2 Å². The van der Waals surface area contributed by atoms with E-state index >= 15 is 0 Å². The van der Waals surface area contributed by atoms with E-state index in [1.165, 1.54) is 0 Å². The fourth-order valence-electron chi connectivity index (χ4n) is 3.42. The molecule has 3 rings (SSSR count). The van der Waals surface area contributed by atoms with Crippen molar-refractivity contribution in [3.63, 3.8) is 0 Å². The standard InChI is InChI=1S/C19H24BrN3O3S/c1-3-4-10-22(17-9-11-27(25,26)13-17)19(24)18-12-21-23(14(18)2)16-7-5-15(20)6-8-16/h5-8,12,17H,3-4,9-11,13H2,1-2H3. The second kappa shape index (κ2) is 8.14. The van der Waals surface area contributed by atoms with Gasteiger partial charge in [-0.2, -0.15) is 5.10 Å². The van der Waals surface area contributed by atoms with Crippen LogP contribution in [-0.2, 0) is 9.84 Å². The van der Waals surface area contributed by atoms with Crippen molar-refractivity contribution < 1.29 is 13.2 Å². The van der Waals surface area contributed by atoms with E-state index in [1.807, 2.05) is 31.2 Å². The second-order valence-electron chi connectivity index (χ2n) is 6.94. The summed E-state index contributed by atoms with van der Waals surface area (Å²) in [6.07, 6.45) is 3.89. The molecule has 0 spiro atoms. The maximum Gasteiger partial charge on any atom is 0.257 e. The van der Waals surface area contributed by atoms with Gasteiger partial charge >= 0.3 is 0 Å². The van der Waals surface area contributed by atoms with Gasteiger partial charge in [-0.25, -0.2) is 13.1 Å². The van der Waals surface area contributed by atoms with Crippen molar-refractivity contribution in [1.82, 2.24) is 14.7 Å². The number of rotatable bonds is 6. The van der Waals surface area contributed by atoms with Crippen molar-refractivity contribution in [3.8, 4) is 5.69 Å². The van der Waals surface area contributed by atoms with E-state index in [0.717, 1.165) is 28.7 Å². The molecule has 2 heterocycles. The zero-order chi connectivity index (χ0) is 19.6. The lowest BCUT2D eigenvalue weighted by molar-refractivity contribution is 0.0693. The number of nitrogens with zero attached hydrogens (tertiary/aromatic N) is 3. The highest BCUT2D eigenvalue weighted by Crippen LogP contribution is 2.23. The van der Waals surface area contributed by atoms with Crippen LogP contribution in [0.5, 0.6) is 0 Å². The molecule has 1 fully saturated rings. The smallest absolute Gasteiger partial charge is 0.257 e. The van der Waals surface area contributed by atoms with Crippen LogP contribution < -0.4 is 0 Å². The van der Waals surface area contributed by atoms with E-state index in [-0.39, 0.29) is 23.5 Å². The SMILES string of the molecule is CCCCN(C(=O)c1cnn(-c2ccc(Br)cc2)c1C)C1CCS(=O)(=O)C1. The minimum absolute atomic E-state index is 0.0579. The van der Waals surface area contributed by atoms with Crippen LogP contribution in [0.2, 0.25) is 0 Å². The maximum absolute atomic E-state index is 13.2. The van der Waals surface area contributed by atoms with Gasteiger partial charge in [-0.1, -0.05) is 29.3 Å². The predicted molar refractivity (Wildman–Crippen MR) is 109 cm³/mol. The summed E-state index contributed by atoms with van der Waals surface area (Å²) in [6, 6.07) is 7.46. The van der Waals surface area contributed by atoms with Gasteiger partial charge in [0, 0.05) is 17.1 Å². The Morgan fingerprint density at radius 1 is 1.33 bits per heavy atom. The van der Waals surface area contributed by atoms with Gasteiger partial charge in [-0.15, -0.1) is 0 Å². The number of hydrogen-bond acceptors (Lipinski definition) is 4. The highest BCUT2D eigenvalue weighted by atomic mass is 79.9. The van der Waals surface area contributed by atoms with E-state index in [2.05, 4.69) is 28.0 Å². The Balaban J connectivity index is 1.89. The average molecular weight is 454 g/mol. The Morgan fingerprint density at radius 2 is 2.04 bits per heavy atom. The van der Waals surface area contributed by atoms with Crippen molar-refractivity contribution in [2.24, 2.45) is 0 Å². The second-order valence-corrected chi connectivity index (χ2v) is 10.1. The summed E-state index contributed by atoms with van der Waals surface area (Å²) in [5, 5.41) is 4.39. The van der Waals surface area contributed by atoms with Crippen LogP contribution in [0.1, 0.15) is 42.2 Å². The Labute approximate surface area is 168 Å². The number of hydrogen-bond donors (Lipinski definition) is 0. The van der Waals surface area contributed by atoms with Crippen LogP contribution in [0.15, 0.2) is 34.9 Å². The first kappa shape index (κ1) is 20.1. The Bertz CT molecular complexity index is 922. The van der Waals surface area contributed by atoms with Crippen molar-refractivity contribution in [2.45, 2.75) is 39.2 Å². The Morgan fingerprint density at radius 3 is 2.63 bits per heavy atom. The van der Waals surface area contributed by atoms with E-state index < -0.39 is 9.84 Å². The molecule has 0 radical (unpaired) electrons. The fraction of sp³-hybridized carbons (Fsp3) is 0.474. The van der Waals surface area contributed by atoms with Gasteiger partial charge in [0.25, 0.3) is 5.91 Å². The number of unbranched alkanes of at least 4 members (excludes halogenated alkanes) is 1. The first-order valence-electron chi connectivity index (χ1n) is 9.14. The minimum Gasteiger partial charge on any atom is -0.335 e.